The van der Waals surface area contributed by atoms with Gasteiger partial charge in [-0.25, -0.2) is 0 Å². The SMILES string of the molecule is COc1ccc(Cl)cc1-c1nnc(CNC(C)C)o1. The van der Waals surface area contributed by atoms with Gasteiger partial charge in [0, 0.05) is 11.1 Å². The van der Waals surface area contributed by atoms with Crippen LogP contribution in [-0.2, 0) is 6.54 Å². The maximum atomic E-state index is 5.98. The average molecular weight is 282 g/mol. The third-order valence-corrected chi connectivity index (χ3v) is 2.76. The molecule has 0 radical (unpaired) electrons. The zero-order chi connectivity index (χ0) is 13.8. The lowest BCUT2D eigenvalue weighted by molar-refractivity contribution is 0.412. The van der Waals surface area contributed by atoms with Crippen molar-refractivity contribution >= 4 is 11.6 Å². The fourth-order valence-electron chi connectivity index (χ4n) is 1.57. The van der Waals surface area contributed by atoms with E-state index in [1.165, 1.54) is 0 Å². The second-order valence-electron chi connectivity index (χ2n) is 4.38. The summed E-state index contributed by atoms with van der Waals surface area (Å²) in [6, 6.07) is 5.62. The quantitative estimate of drug-likeness (QED) is 0.913. The van der Waals surface area contributed by atoms with Crippen molar-refractivity contribution in [3.05, 3.63) is 29.1 Å². The van der Waals surface area contributed by atoms with Gasteiger partial charge in [-0.2, -0.15) is 0 Å². The third-order valence-electron chi connectivity index (χ3n) is 2.52. The molecule has 0 unspecified atom stereocenters. The first-order valence-electron chi connectivity index (χ1n) is 6.00. The highest BCUT2D eigenvalue weighted by Gasteiger charge is 2.14. The number of methoxy groups -OCH3 is 1. The molecule has 0 saturated heterocycles. The summed E-state index contributed by atoms with van der Waals surface area (Å²) >= 11 is 5.98. The molecule has 0 aliphatic heterocycles. The van der Waals surface area contributed by atoms with Crippen LogP contribution in [0.3, 0.4) is 0 Å². The van der Waals surface area contributed by atoms with Crippen LogP contribution in [0.15, 0.2) is 22.6 Å². The molecule has 0 atom stereocenters. The molecule has 102 valence electrons. The number of hydrogen-bond acceptors (Lipinski definition) is 5. The Kier molecular flexibility index (Phi) is 4.39. The van der Waals surface area contributed by atoms with Gasteiger partial charge in [0.1, 0.15) is 5.75 Å². The summed E-state index contributed by atoms with van der Waals surface area (Å²) in [6.07, 6.45) is 0. The molecule has 0 aliphatic carbocycles. The zero-order valence-electron chi connectivity index (χ0n) is 11.1. The van der Waals surface area contributed by atoms with Gasteiger partial charge in [0.05, 0.1) is 19.2 Å². The molecule has 0 amide bonds. The molecule has 1 N–H and O–H groups in total. The highest BCUT2D eigenvalue weighted by molar-refractivity contribution is 6.30. The first-order valence-corrected chi connectivity index (χ1v) is 6.37. The monoisotopic (exact) mass is 281 g/mol. The van der Waals surface area contributed by atoms with Gasteiger partial charge in [0.2, 0.25) is 5.89 Å². The maximum absolute atomic E-state index is 5.98. The van der Waals surface area contributed by atoms with Gasteiger partial charge >= 0.3 is 0 Å². The minimum atomic E-state index is 0.357. The molecule has 6 heteroatoms. The number of halogens is 1. The van der Waals surface area contributed by atoms with Crippen LogP contribution in [0.5, 0.6) is 5.75 Å². The van der Waals surface area contributed by atoms with E-state index in [0.717, 1.165) is 0 Å². The van der Waals surface area contributed by atoms with E-state index in [-0.39, 0.29) is 0 Å². The Morgan fingerprint density at radius 3 is 2.84 bits per heavy atom. The standard InChI is InChI=1S/C13H16ClN3O2/c1-8(2)15-7-12-16-17-13(19-12)10-6-9(14)4-5-11(10)18-3/h4-6,8,15H,7H2,1-3H3. The Balaban J connectivity index is 2.24. The number of ether oxygens (including phenoxy) is 1. The van der Waals surface area contributed by atoms with Gasteiger partial charge in [-0.1, -0.05) is 25.4 Å². The molecule has 0 bridgehead atoms. The van der Waals surface area contributed by atoms with Gasteiger partial charge in [0.15, 0.2) is 0 Å². The van der Waals surface area contributed by atoms with Crippen LogP contribution in [0.4, 0.5) is 0 Å². The fraction of sp³-hybridized carbons (Fsp3) is 0.385. The fourth-order valence-corrected chi connectivity index (χ4v) is 1.74. The molecule has 1 heterocycles. The number of aromatic nitrogens is 2. The van der Waals surface area contributed by atoms with Crippen molar-refractivity contribution in [3.8, 4) is 17.2 Å². The molecule has 1 aromatic carbocycles. The van der Waals surface area contributed by atoms with Gasteiger partial charge < -0.3 is 14.5 Å². The van der Waals surface area contributed by atoms with Gasteiger partial charge in [0.25, 0.3) is 5.89 Å². The molecule has 0 spiro atoms. The molecule has 19 heavy (non-hydrogen) atoms. The Labute approximate surface area is 116 Å². The van der Waals surface area contributed by atoms with E-state index in [1.54, 1.807) is 25.3 Å². The normalized spacial score (nSPS) is 11.0. The van der Waals surface area contributed by atoms with Crippen LogP contribution < -0.4 is 10.1 Å². The second kappa shape index (κ2) is 6.04. The number of benzene rings is 1. The average Bonchev–Trinajstić information content (AvgIpc) is 2.85. The molecule has 0 aliphatic rings. The Hall–Kier alpha value is -1.59. The van der Waals surface area contributed by atoms with Crippen LogP contribution in [0.1, 0.15) is 19.7 Å². The largest absolute Gasteiger partial charge is 0.496 e. The summed E-state index contributed by atoms with van der Waals surface area (Å²) in [7, 11) is 1.59. The molecule has 0 fully saturated rings. The number of hydrogen-bond donors (Lipinski definition) is 1. The number of nitrogens with zero attached hydrogens (tertiary/aromatic N) is 2. The van der Waals surface area contributed by atoms with Crippen molar-refractivity contribution in [3.63, 3.8) is 0 Å². The van der Waals surface area contributed by atoms with E-state index in [1.807, 2.05) is 0 Å². The lowest BCUT2D eigenvalue weighted by atomic mass is 10.2. The lowest BCUT2D eigenvalue weighted by Crippen LogP contribution is -2.21. The molecule has 0 saturated carbocycles. The van der Waals surface area contributed by atoms with Crippen molar-refractivity contribution in [1.29, 1.82) is 0 Å². The summed E-state index contributed by atoms with van der Waals surface area (Å²) in [5.41, 5.74) is 0.693. The Bertz CT molecular complexity index is 555. The minimum Gasteiger partial charge on any atom is -0.496 e. The van der Waals surface area contributed by atoms with E-state index in [2.05, 4.69) is 29.4 Å². The van der Waals surface area contributed by atoms with E-state index in [0.29, 0.717) is 40.7 Å². The summed E-state index contributed by atoms with van der Waals surface area (Å²) in [4.78, 5) is 0. The molecular formula is C13H16ClN3O2. The van der Waals surface area contributed by atoms with Crippen LogP contribution in [0, 0.1) is 0 Å². The van der Waals surface area contributed by atoms with Crippen LogP contribution in [-0.4, -0.2) is 23.3 Å². The van der Waals surface area contributed by atoms with Crippen LogP contribution in [0.25, 0.3) is 11.5 Å². The van der Waals surface area contributed by atoms with Crippen LogP contribution in [0.2, 0.25) is 5.02 Å². The topological polar surface area (TPSA) is 60.2 Å². The van der Waals surface area contributed by atoms with Crippen molar-refractivity contribution < 1.29 is 9.15 Å². The minimum absolute atomic E-state index is 0.357. The summed E-state index contributed by atoms with van der Waals surface area (Å²) in [5, 5.41) is 11.8. The van der Waals surface area contributed by atoms with Crippen molar-refractivity contribution in [1.82, 2.24) is 15.5 Å². The zero-order valence-corrected chi connectivity index (χ0v) is 11.9. The molecule has 1 aromatic heterocycles. The van der Waals surface area contributed by atoms with E-state index in [4.69, 9.17) is 20.8 Å². The lowest BCUT2D eigenvalue weighted by Gasteiger charge is -2.05. The molecule has 2 rings (SSSR count). The summed E-state index contributed by atoms with van der Waals surface area (Å²) in [5.74, 6) is 1.59. The molecule has 2 aromatic rings. The van der Waals surface area contributed by atoms with Crippen molar-refractivity contribution in [2.24, 2.45) is 0 Å². The third kappa shape index (κ3) is 3.45. The Morgan fingerprint density at radius 1 is 1.37 bits per heavy atom. The summed E-state index contributed by atoms with van der Waals surface area (Å²) < 4.78 is 10.9. The number of rotatable bonds is 5. The smallest absolute Gasteiger partial charge is 0.251 e. The molecular weight excluding hydrogens is 266 g/mol. The number of nitrogens with one attached hydrogen (secondary N) is 1. The highest BCUT2D eigenvalue weighted by atomic mass is 35.5. The predicted molar refractivity (Wildman–Crippen MR) is 73.3 cm³/mol. The van der Waals surface area contributed by atoms with Gasteiger partial charge in [-0.05, 0) is 18.2 Å². The van der Waals surface area contributed by atoms with Gasteiger partial charge in [-0.15, -0.1) is 10.2 Å². The second-order valence-corrected chi connectivity index (χ2v) is 4.82. The van der Waals surface area contributed by atoms with Crippen LogP contribution >= 0.6 is 11.6 Å². The maximum Gasteiger partial charge on any atom is 0.251 e. The highest BCUT2D eigenvalue weighted by Crippen LogP contribution is 2.31. The molecule has 5 nitrogen and oxygen atoms in total. The van der Waals surface area contributed by atoms with E-state index in [9.17, 15) is 0 Å². The van der Waals surface area contributed by atoms with Crippen molar-refractivity contribution in [2.75, 3.05) is 7.11 Å². The predicted octanol–water partition coefficient (Wildman–Crippen LogP) is 2.90. The first-order chi connectivity index (χ1) is 9.10. The van der Waals surface area contributed by atoms with E-state index >= 15 is 0 Å². The van der Waals surface area contributed by atoms with Gasteiger partial charge in [-0.3, -0.25) is 0 Å². The Morgan fingerprint density at radius 2 is 2.16 bits per heavy atom. The summed E-state index contributed by atoms with van der Waals surface area (Å²) in [6.45, 7) is 4.64. The van der Waals surface area contributed by atoms with Crippen molar-refractivity contribution in [2.45, 2.75) is 26.4 Å². The first kappa shape index (κ1) is 13.8. The van der Waals surface area contributed by atoms with E-state index < -0.39 is 0 Å².